The molecule has 0 fully saturated rings. The fraction of sp³-hybridized carbons (Fsp3) is 0.500. The van der Waals surface area contributed by atoms with Gasteiger partial charge in [0.25, 0.3) is 0 Å². The number of Topliss-reactive ketones (excluding diaryl/α,β-unsaturated/α-hetero) is 1. The zero-order chi connectivity index (χ0) is 15.3. The molecule has 0 spiro atoms. The first-order valence-electron chi connectivity index (χ1n) is 6.95. The van der Waals surface area contributed by atoms with Gasteiger partial charge in [-0.1, -0.05) is 24.3 Å². The molecular weight excluding hydrogens is 272 g/mol. The highest BCUT2D eigenvalue weighted by molar-refractivity contribution is 5.95. The number of rotatable bonds is 5. The number of carbonyl (C=O) groups is 2. The third-order valence-corrected chi connectivity index (χ3v) is 3.61. The fourth-order valence-electron chi connectivity index (χ4n) is 2.17. The van der Waals surface area contributed by atoms with Gasteiger partial charge in [-0.05, 0) is 18.1 Å². The molecule has 0 amide bonds. The molecule has 1 heterocycles. The van der Waals surface area contributed by atoms with Crippen LogP contribution in [0, 0.1) is 0 Å². The molecule has 114 valence electrons. The van der Waals surface area contributed by atoms with Gasteiger partial charge in [-0.3, -0.25) is 9.59 Å². The van der Waals surface area contributed by atoms with Gasteiger partial charge in [-0.15, -0.1) is 0 Å². The van der Waals surface area contributed by atoms with Crippen molar-refractivity contribution in [2.24, 2.45) is 0 Å². The van der Waals surface area contributed by atoms with Crippen molar-refractivity contribution in [3.8, 4) is 0 Å². The van der Waals surface area contributed by atoms with Crippen LogP contribution >= 0.6 is 0 Å². The van der Waals surface area contributed by atoms with E-state index in [0.717, 1.165) is 11.1 Å². The van der Waals surface area contributed by atoms with Crippen LogP contribution in [0.1, 0.15) is 37.3 Å². The zero-order valence-corrected chi connectivity index (χ0v) is 12.4. The molecular formula is C16H20O5. The standard InChI is InChI=1S/C16H20O5/c1-16(8-7-14(17)9-15(18)19-2)20-10-12-5-3-4-6-13(12)11-21-16/h3-6H,7-11H2,1-2H3. The Morgan fingerprint density at radius 1 is 1.19 bits per heavy atom. The van der Waals surface area contributed by atoms with E-state index in [4.69, 9.17) is 9.47 Å². The van der Waals surface area contributed by atoms with Gasteiger partial charge in [-0.2, -0.15) is 0 Å². The normalized spacial score (nSPS) is 16.7. The third kappa shape index (κ3) is 4.37. The highest BCUT2D eigenvalue weighted by atomic mass is 16.7. The van der Waals surface area contributed by atoms with Crippen LogP contribution in [-0.4, -0.2) is 24.6 Å². The van der Waals surface area contributed by atoms with E-state index in [-0.39, 0.29) is 18.6 Å². The maximum Gasteiger partial charge on any atom is 0.313 e. The van der Waals surface area contributed by atoms with E-state index in [0.29, 0.717) is 19.6 Å². The van der Waals surface area contributed by atoms with Crippen LogP contribution < -0.4 is 0 Å². The molecule has 1 aromatic rings. The lowest BCUT2D eigenvalue weighted by Gasteiger charge is -2.27. The number of methoxy groups -OCH3 is 1. The topological polar surface area (TPSA) is 61.8 Å². The van der Waals surface area contributed by atoms with Gasteiger partial charge in [0.1, 0.15) is 12.2 Å². The van der Waals surface area contributed by atoms with E-state index in [2.05, 4.69) is 4.74 Å². The summed E-state index contributed by atoms with van der Waals surface area (Å²) in [6.07, 6.45) is 0.436. The Morgan fingerprint density at radius 3 is 2.29 bits per heavy atom. The van der Waals surface area contributed by atoms with E-state index < -0.39 is 11.8 Å². The smallest absolute Gasteiger partial charge is 0.313 e. The molecule has 0 aromatic heterocycles. The summed E-state index contributed by atoms with van der Waals surface area (Å²) in [5.41, 5.74) is 2.20. The van der Waals surface area contributed by atoms with Crippen molar-refractivity contribution in [2.75, 3.05) is 7.11 Å². The Morgan fingerprint density at radius 2 is 1.76 bits per heavy atom. The molecule has 2 rings (SSSR count). The Labute approximate surface area is 124 Å². The van der Waals surface area contributed by atoms with Gasteiger partial charge in [-0.25, -0.2) is 0 Å². The predicted octanol–water partition coefficient (Wildman–Crippen LogP) is 2.36. The van der Waals surface area contributed by atoms with Gasteiger partial charge >= 0.3 is 5.97 Å². The number of ketones is 1. The van der Waals surface area contributed by atoms with Crippen molar-refractivity contribution in [1.29, 1.82) is 0 Å². The first kappa shape index (κ1) is 15.7. The molecule has 0 bridgehead atoms. The summed E-state index contributed by atoms with van der Waals surface area (Å²) in [5, 5.41) is 0. The van der Waals surface area contributed by atoms with Crippen molar-refractivity contribution < 1.29 is 23.8 Å². The van der Waals surface area contributed by atoms with Crippen molar-refractivity contribution >= 4 is 11.8 Å². The van der Waals surface area contributed by atoms with Crippen molar-refractivity contribution in [3.05, 3.63) is 35.4 Å². The summed E-state index contributed by atoms with van der Waals surface area (Å²) in [4.78, 5) is 22.7. The van der Waals surface area contributed by atoms with E-state index in [1.54, 1.807) is 0 Å². The quantitative estimate of drug-likeness (QED) is 0.616. The summed E-state index contributed by atoms with van der Waals surface area (Å²) in [6, 6.07) is 7.94. The van der Waals surface area contributed by atoms with Gasteiger partial charge < -0.3 is 14.2 Å². The Balaban J connectivity index is 1.89. The first-order chi connectivity index (χ1) is 10.0. The molecule has 1 aliphatic rings. The molecule has 0 atom stereocenters. The molecule has 0 radical (unpaired) electrons. The van der Waals surface area contributed by atoms with Crippen LogP contribution in [0.3, 0.4) is 0 Å². The van der Waals surface area contributed by atoms with Crippen molar-refractivity contribution in [1.82, 2.24) is 0 Å². The summed E-state index contributed by atoms with van der Waals surface area (Å²) >= 11 is 0. The summed E-state index contributed by atoms with van der Waals surface area (Å²) in [5.74, 6) is -1.50. The van der Waals surface area contributed by atoms with Gasteiger partial charge in [0.2, 0.25) is 0 Å². The monoisotopic (exact) mass is 292 g/mol. The lowest BCUT2D eigenvalue weighted by atomic mass is 10.1. The van der Waals surface area contributed by atoms with Crippen LogP contribution in [0.4, 0.5) is 0 Å². The molecule has 5 nitrogen and oxygen atoms in total. The Hall–Kier alpha value is -1.72. The van der Waals surface area contributed by atoms with Gasteiger partial charge in [0.05, 0.1) is 20.3 Å². The minimum Gasteiger partial charge on any atom is -0.469 e. The third-order valence-electron chi connectivity index (χ3n) is 3.61. The summed E-state index contributed by atoms with van der Waals surface area (Å²) < 4.78 is 16.1. The maximum atomic E-state index is 11.7. The average Bonchev–Trinajstić information content (AvgIpc) is 2.66. The highest BCUT2D eigenvalue weighted by Crippen LogP contribution is 2.28. The fourth-order valence-corrected chi connectivity index (χ4v) is 2.17. The van der Waals surface area contributed by atoms with Crippen LogP contribution in [-0.2, 0) is 37.0 Å². The lowest BCUT2D eigenvalue weighted by molar-refractivity contribution is -0.236. The second kappa shape index (κ2) is 6.83. The molecule has 0 saturated heterocycles. The van der Waals surface area contributed by atoms with Gasteiger partial charge in [0, 0.05) is 12.8 Å². The summed E-state index contributed by atoms with van der Waals surface area (Å²) in [6.45, 7) is 2.74. The van der Waals surface area contributed by atoms with Crippen LogP contribution in [0.25, 0.3) is 0 Å². The van der Waals surface area contributed by atoms with E-state index in [1.807, 2.05) is 31.2 Å². The second-order valence-corrected chi connectivity index (χ2v) is 5.27. The van der Waals surface area contributed by atoms with E-state index in [1.165, 1.54) is 7.11 Å². The molecule has 0 N–H and O–H groups in total. The van der Waals surface area contributed by atoms with E-state index >= 15 is 0 Å². The SMILES string of the molecule is COC(=O)CC(=O)CCC1(C)OCc2ccccc2CO1. The zero-order valence-electron chi connectivity index (χ0n) is 12.4. The largest absolute Gasteiger partial charge is 0.469 e. The highest BCUT2D eigenvalue weighted by Gasteiger charge is 2.30. The average molecular weight is 292 g/mol. The number of hydrogen-bond donors (Lipinski definition) is 0. The number of ether oxygens (including phenoxy) is 3. The van der Waals surface area contributed by atoms with Crippen LogP contribution in [0.15, 0.2) is 24.3 Å². The van der Waals surface area contributed by atoms with E-state index in [9.17, 15) is 9.59 Å². The Bertz CT molecular complexity index is 496. The first-order valence-corrected chi connectivity index (χ1v) is 6.95. The minimum atomic E-state index is -0.815. The lowest BCUT2D eigenvalue weighted by Crippen LogP contribution is -2.31. The van der Waals surface area contributed by atoms with Crippen LogP contribution in [0.5, 0.6) is 0 Å². The van der Waals surface area contributed by atoms with Crippen molar-refractivity contribution in [2.45, 2.75) is 45.2 Å². The molecule has 1 aliphatic heterocycles. The second-order valence-electron chi connectivity index (χ2n) is 5.27. The Kier molecular flexibility index (Phi) is 5.09. The number of fused-ring (bicyclic) bond motifs is 1. The van der Waals surface area contributed by atoms with Crippen LogP contribution in [0.2, 0.25) is 0 Å². The molecule has 0 saturated carbocycles. The molecule has 1 aromatic carbocycles. The number of esters is 1. The molecule has 5 heteroatoms. The number of carbonyl (C=O) groups excluding carboxylic acids is 2. The predicted molar refractivity (Wildman–Crippen MR) is 75.3 cm³/mol. The summed E-state index contributed by atoms with van der Waals surface area (Å²) in [7, 11) is 1.27. The number of benzene rings is 1. The van der Waals surface area contributed by atoms with Crippen molar-refractivity contribution in [3.63, 3.8) is 0 Å². The van der Waals surface area contributed by atoms with Gasteiger partial charge in [0.15, 0.2) is 5.79 Å². The number of hydrogen-bond acceptors (Lipinski definition) is 5. The molecule has 21 heavy (non-hydrogen) atoms. The maximum absolute atomic E-state index is 11.7. The minimum absolute atomic E-state index is 0.169. The molecule has 0 aliphatic carbocycles. The molecule has 0 unspecified atom stereocenters.